The molecule has 0 spiro atoms. The Bertz CT molecular complexity index is 464. The third-order valence-electron chi connectivity index (χ3n) is 2.68. The van der Waals surface area contributed by atoms with Gasteiger partial charge in [-0.3, -0.25) is 15.1 Å². The second-order valence-electron chi connectivity index (χ2n) is 3.87. The van der Waals surface area contributed by atoms with Gasteiger partial charge in [0.25, 0.3) is 5.69 Å². The summed E-state index contributed by atoms with van der Waals surface area (Å²) in [6.45, 7) is 2.08. The topological polar surface area (TPSA) is 70.8 Å². The zero-order chi connectivity index (χ0) is 12.3. The Labute approximate surface area is 122 Å². The van der Waals surface area contributed by atoms with Gasteiger partial charge in [-0.15, -0.1) is 24.0 Å². The van der Waals surface area contributed by atoms with E-state index in [1.807, 2.05) is 11.9 Å². The van der Waals surface area contributed by atoms with Crippen molar-refractivity contribution < 1.29 is 4.92 Å². The van der Waals surface area contributed by atoms with Crippen molar-refractivity contribution in [2.45, 2.75) is 6.54 Å². The van der Waals surface area contributed by atoms with Crippen molar-refractivity contribution in [2.24, 2.45) is 4.99 Å². The Morgan fingerprint density at radius 2 is 2.22 bits per heavy atom. The Balaban J connectivity index is 0.00000162. The molecule has 1 aromatic rings. The van der Waals surface area contributed by atoms with E-state index in [1.165, 1.54) is 6.07 Å². The van der Waals surface area contributed by atoms with E-state index < -0.39 is 0 Å². The second-order valence-corrected chi connectivity index (χ2v) is 3.87. The minimum Gasteiger partial charge on any atom is -0.352 e. The quantitative estimate of drug-likeness (QED) is 0.504. The van der Waals surface area contributed by atoms with Crippen LogP contribution in [0.4, 0.5) is 5.69 Å². The summed E-state index contributed by atoms with van der Waals surface area (Å²) >= 11 is 0. The molecule has 0 atom stereocenters. The molecule has 1 aromatic carbocycles. The lowest BCUT2D eigenvalue weighted by Crippen LogP contribution is -2.35. The van der Waals surface area contributed by atoms with E-state index in [2.05, 4.69) is 10.3 Å². The summed E-state index contributed by atoms with van der Waals surface area (Å²) < 4.78 is 0. The molecule has 1 aliphatic heterocycles. The predicted molar refractivity (Wildman–Crippen MR) is 80.3 cm³/mol. The number of nitrogens with one attached hydrogen (secondary N) is 1. The highest BCUT2D eigenvalue weighted by atomic mass is 127. The molecule has 0 fully saturated rings. The molecule has 6 nitrogen and oxygen atoms in total. The smallest absolute Gasteiger partial charge is 0.274 e. The van der Waals surface area contributed by atoms with Crippen LogP contribution >= 0.6 is 24.0 Å². The predicted octanol–water partition coefficient (Wildman–Crippen LogP) is 1.60. The van der Waals surface area contributed by atoms with Crippen LogP contribution in [0.3, 0.4) is 0 Å². The summed E-state index contributed by atoms with van der Waals surface area (Å²) in [5, 5.41) is 13.9. The molecule has 2 rings (SSSR count). The molecule has 0 aliphatic carbocycles. The van der Waals surface area contributed by atoms with Gasteiger partial charge in [0.15, 0.2) is 5.96 Å². The first-order valence-electron chi connectivity index (χ1n) is 5.40. The van der Waals surface area contributed by atoms with Crippen molar-refractivity contribution >= 4 is 35.6 Å². The first-order chi connectivity index (χ1) is 8.18. The number of hydrogen-bond donors (Lipinski definition) is 1. The molecule has 0 bridgehead atoms. The molecule has 1 aliphatic rings. The Kier molecular flexibility index (Phi) is 5.32. The molecule has 18 heavy (non-hydrogen) atoms. The van der Waals surface area contributed by atoms with Gasteiger partial charge in [0.1, 0.15) is 0 Å². The Morgan fingerprint density at radius 1 is 1.50 bits per heavy atom. The fourth-order valence-electron chi connectivity index (χ4n) is 1.74. The molecule has 7 heteroatoms. The number of rotatable bonds is 3. The fourth-order valence-corrected chi connectivity index (χ4v) is 1.74. The zero-order valence-electron chi connectivity index (χ0n) is 10.00. The van der Waals surface area contributed by atoms with E-state index in [0.717, 1.165) is 19.0 Å². The highest BCUT2D eigenvalue weighted by Crippen LogP contribution is 2.17. The first kappa shape index (κ1) is 14.7. The summed E-state index contributed by atoms with van der Waals surface area (Å²) in [5.74, 6) is 0.795. The molecule has 1 N–H and O–H groups in total. The van der Waals surface area contributed by atoms with Crippen molar-refractivity contribution in [1.29, 1.82) is 0 Å². The van der Waals surface area contributed by atoms with Crippen molar-refractivity contribution in [3.63, 3.8) is 0 Å². The lowest BCUT2D eigenvalue weighted by atomic mass is 10.2. The summed E-state index contributed by atoms with van der Waals surface area (Å²) in [7, 11) is 1.94. The molecule has 0 aromatic heterocycles. The van der Waals surface area contributed by atoms with E-state index >= 15 is 0 Å². The zero-order valence-corrected chi connectivity index (χ0v) is 12.3. The Hall–Kier alpha value is -1.38. The molecule has 1 heterocycles. The van der Waals surface area contributed by atoms with Crippen LogP contribution in [0.2, 0.25) is 0 Å². The number of benzene rings is 1. The first-order valence-corrected chi connectivity index (χ1v) is 5.40. The van der Waals surface area contributed by atoms with Crippen molar-refractivity contribution in [3.05, 3.63) is 39.9 Å². The van der Waals surface area contributed by atoms with Gasteiger partial charge in [-0.1, -0.05) is 18.2 Å². The number of likely N-dealkylation sites (N-methyl/N-ethyl adjacent to an activating group) is 1. The number of halogens is 1. The van der Waals surface area contributed by atoms with Crippen molar-refractivity contribution in [1.82, 2.24) is 10.2 Å². The minimum absolute atomic E-state index is 0. The highest BCUT2D eigenvalue weighted by Gasteiger charge is 2.15. The molecular weight excluding hydrogens is 347 g/mol. The van der Waals surface area contributed by atoms with Crippen LogP contribution in [0.1, 0.15) is 5.56 Å². The number of aliphatic imine (C=N–C) groups is 1. The summed E-state index contributed by atoms with van der Waals surface area (Å²) in [6.07, 6.45) is 0. The van der Waals surface area contributed by atoms with Crippen LogP contribution in [-0.2, 0) is 6.54 Å². The van der Waals surface area contributed by atoms with Gasteiger partial charge in [0.05, 0.1) is 11.5 Å². The number of nitro groups is 1. The second kappa shape index (κ2) is 6.53. The average Bonchev–Trinajstić information content (AvgIpc) is 2.72. The van der Waals surface area contributed by atoms with Gasteiger partial charge in [-0.25, -0.2) is 0 Å². The summed E-state index contributed by atoms with van der Waals surface area (Å²) in [6, 6.07) is 6.73. The monoisotopic (exact) mass is 362 g/mol. The van der Waals surface area contributed by atoms with E-state index in [0.29, 0.717) is 12.1 Å². The number of nitrogens with zero attached hydrogens (tertiary/aromatic N) is 3. The third-order valence-corrected chi connectivity index (χ3v) is 2.68. The standard InChI is InChI=1S/C11H14N4O2.HI/c1-14-7-6-12-11(14)13-8-9-4-2-3-5-10(9)15(16)17;/h2-5H,6-8H2,1H3,(H,12,13);1H. The van der Waals surface area contributed by atoms with E-state index in [9.17, 15) is 10.1 Å². The molecule has 0 saturated carbocycles. The van der Waals surface area contributed by atoms with Crippen LogP contribution in [0.25, 0.3) is 0 Å². The number of nitro benzene ring substituents is 1. The van der Waals surface area contributed by atoms with E-state index in [1.54, 1.807) is 18.2 Å². The maximum atomic E-state index is 10.8. The molecule has 0 saturated heterocycles. The number of para-hydroxylation sites is 1. The van der Waals surface area contributed by atoms with Crippen LogP contribution < -0.4 is 5.32 Å². The van der Waals surface area contributed by atoms with Crippen LogP contribution in [0.15, 0.2) is 29.3 Å². The van der Waals surface area contributed by atoms with Gasteiger partial charge in [-0.2, -0.15) is 0 Å². The summed E-state index contributed by atoms with van der Waals surface area (Å²) in [4.78, 5) is 16.7. The van der Waals surface area contributed by atoms with E-state index in [4.69, 9.17) is 0 Å². The molecule has 0 radical (unpaired) electrons. The largest absolute Gasteiger partial charge is 0.352 e. The van der Waals surface area contributed by atoms with Crippen molar-refractivity contribution in [3.8, 4) is 0 Å². The number of hydrogen-bond acceptors (Lipinski definition) is 5. The molecular formula is C11H15IN4O2. The van der Waals surface area contributed by atoms with Gasteiger partial charge in [0.2, 0.25) is 0 Å². The summed E-state index contributed by atoms with van der Waals surface area (Å²) in [5.41, 5.74) is 0.807. The maximum Gasteiger partial charge on any atom is 0.274 e. The third kappa shape index (κ3) is 3.31. The van der Waals surface area contributed by atoms with Gasteiger partial charge in [0, 0.05) is 31.8 Å². The lowest BCUT2D eigenvalue weighted by Gasteiger charge is -2.15. The van der Waals surface area contributed by atoms with Gasteiger partial charge >= 0.3 is 0 Å². The fraction of sp³-hybridized carbons (Fsp3) is 0.364. The van der Waals surface area contributed by atoms with Crippen molar-refractivity contribution in [2.75, 3.05) is 20.1 Å². The molecule has 0 unspecified atom stereocenters. The minimum atomic E-state index is -0.364. The number of guanidine groups is 1. The SMILES string of the molecule is CN1CCN=C1NCc1ccccc1[N+](=O)[O-].I. The lowest BCUT2D eigenvalue weighted by molar-refractivity contribution is -0.385. The van der Waals surface area contributed by atoms with Crippen LogP contribution in [-0.4, -0.2) is 35.9 Å². The molecule has 0 amide bonds. The van der Waals surface area contributed by atoms with Crippen LogP contribution in [0, 0.1) is 10.1 Å². The van der Waals surface area contributed by atoms with Gasteiger partial charge < -0.3 is 10.2 Å². The van der Waals surface area contributed by atoms with Gasteiger partial charge in [-0.05, 0) is 0 Å². The maximum absolute atomic E-state index is 10.8. The van der Waals surface area contributed by atoms with Crippen LogP contribution in [0.5, 0.6) is 0 Å². The normalized spacial score (nSPS) is 13.8. The molecule has 98 valence electrons. The highest BCUT2D eigenvalue weighted by molar-refractivity contribution is 14.0. The average molecular weight is 362 g/mol. The van der Waals surface area contributed by atoms with E-state index in [-0.39, 0.29) is 34.6 Å². The Morgan fingerprint density at radius 3 is 2.83 bits per heavy atom.